The standard InChI is InChI=1S/C15H12ClNO3/c16-12-3-7-14(8-4-12)20-10-15(19)17-13-5-1-11(9-18)2-6-13/h1-9H,10H2,(H,17,19). The second kappa shape index (κ2) is 6.73. The summed E-state index contributed by atoms with van der Waals surface area (Å²) >= 11 is 5.75. The fraction of sp³-hybridized carbons (Fsp3) is 0.0667. The summed E-state index contributed by atoms with van der Waals surface area (Å²) in [6.45, 7) is -0.100. The van der Waals surface area contributed by atoms with Crippen LogP contribution in [-0.2, 0) is 4.79 Å². The van der Waals surface area contributed by atoms with Gasteiger partial charge in [0.05, 0.1) is 0 Å². The van der Waals surface area contributed by atoms with Crippen LogP contribution in [0.4, 0.5) is 5.69 Å². The second-order valence-electron chi connectivity index (χ2n) is 4.03. The molecule has 4 nitrogen and oxygen atoms in total. The first-order valence-corrected chi connectivity index (χ1v) is 6.28. The van der Waals surface area contributed by atoms with Crippen molar-refractivity contribution in [3.05, 3.63) is 59.1 Å². The number of anilines is 1. The average molecular weight is 290 g/mol. The van der Waals surface area contributed by atoms with Crippen molar-refractivity contribution < 1.29 is 14.3 Å². The van der Waals surface area contributed by atoms with Crippen LogP contribution >= 0.6 is 11.6 Å². The summed E-state index contributed by atoms with van der Waals surface area (Å²) in [5.41, 5.74) is 1.17. The van der Waals surface area contributed by atoms with Gasteiger partial charge in [-0.05, 0) is 48.5 Å². The van der Waals surface area contributed by atoms with Crippen molar-refractivity contribution in [1.82, 2.24) is 0 Å². The molecule has 0 aromatic heterocycles. The number of halogens is 1. The van der Waals surface area contributed by atoms with E-state index >= 15 is 0 Å². The van der Waals surface area contributed by atoms with E-state index in [2.05, 4.69) is 5.32 Å². The van der Waals surface area contributed by atoms with Crippen molar-refractivity contribution in [3.8, 4) is 5.75 Å². The molecule has 0 aliphatic carbocycles. The molecule has 1 amide bonds. The molecule has 0 spiro atoms. The molecule has 1 N–H and O–H groups in total. The van der Waals surface area contributed by atoms with E-state index in [1.807, 2.05) is 0 Å². The highest BCUT2D eigenvalue weighted by atomic mass is 35.5. The molecule has 0 aliphatic rings. The average Bonchev–Trinajstić information content (AvgIpc) is 2.47. The predicted octanol–water partition coefficient (Wildman–Crippen LogP) is 3.17. The molecule has 2 aromatic rings. The van der Waals surface area contributed by atoms with Crippen molar-refractivity contribution >= 4 is 29.5 Å². The van der Waals surface area contributed by atoms with Gasteiger partial charge in [-0.1, -0.05) is 11.6 Å². The number of hydrogen-bond acceptors (Lipinski definition) is 3. The maximum Gasteiger partial charge on any atom is 0.262 e. The number of benzene rings is 2. The summed E-state index contributed by atoms with van der Waals surface area (Å²) in [6.07, 6.45) is 0.745. The summed E-state index contributed by atoms with van der Waals surface area (Å²) < 4.78 is 5.31. The second-order valence-corrected chi connectivity index (χ2v) is 4.47. The van der Waals surface area contributed by atoms with Crippen molar-refractivity contribution in [3.63, 3.8) is 0 Å². The molecule has 102 valence electrons. The van der Waals surface area contributed by atoms with Gasteiger partial charge in [0, 0.05) is 16.3 Å². The van der Waals surface area contributed by atoms with E-state index in [9.17, 15) is 9.59 Å². The third-order valence-electron chi connectivity index (χ3n) is 2.51. The van der Waals surface area contributed by atoms with Crippen LogP contribution in [0.2, 0.25) is 5.02 Å². The maximum absolute atomic E-state index is 11.7. The first-order chi connectivity index (χ1) is 9.67. The van der Waals surface area contributed by atoms with E-state index in [0.717, 1.165) is 6.29 Å². The van der Waals surface area contributed by atoms with Gasteiger partial charge in [0.25, 0.3) is 5.91 Å². The number of ether oxygens (including phenoxy) is 1. The van der Waals surface area contributed by atoms with Crippen LogP contribution in [0, 0.1) is 0 Å². The van der Waals surface area contributed by atoms with Gasteiger partial charge in [0.15, 0.2) is 6.61 Å². The monoisotopic (exact) mass is 289 g/mol. The largest absolute Gasteiger partial charge is 0.484 e. The van der Waals surface area contributed by atoms with Crippen LogP contribution in [0.15, 0.2) is 48.5 Å². The highest BCUT2D eigenvalue weighted by molar-refractivity contribution is 6.30. The van der Waals surface area contributed by atoms with Gasteiger partial charge in [0.1, 0.15) is 12.0 Å². The molecule has 0 fully saturated rings. The van der Waals surface area contributed by atoms with Crippen molar-refractivity contribution in [2.45, 2.75) is 0 Å². The molecular formula is C15H12ClNO3. The minimum absolute atomic E-state index is 0.100. The normalized spacial score (nSPS) is 9.85. The van der Waals surface area contributed by atoms with Gasteiger partial charge < -0.3 is 10.1 Å². The van der Waals surface area contributed by atoms with Crippen LogP contribution in [0.1, 0.15) is 10.4 Å². The lowest BCUT2D eigenvalue weighted by Crippen LogP contribution is -2.20. The summed E-state index contributed by atoms with van der Waals surface area (Å²) in [4.78, 5) is 22.2. The highest BCUT2D eigenvalue weighted by Crippen LogP contribution is 2.15. The highest BCUT2D eigenvalue weighted by Gasteiger charge is 2.03. The molecule has 2 rings (SSSR count). The molecular weight excluding hydrogens is 278 g/mol. The number of carbonyl (C=O) groups excluding carboxylic acids is 2. The minimum Gasteiger partial charge on any atom is -0.484 e. The quantitative estimate of drug-likeness (QED) is 0.860. The Hall–Kier alpha value is -2.33. The Morgan fingerprint density at radius 2 is 1.75 bits per heavy atom. The van der Waals surface area contributed by atoms with E-state index in [4.69, 9.17) is 16.3 Å². The zero-order chi connectivity index (χ0) is 14.4. The van der Waals surface area contributed by atoms with E-state index < -0.39 is 0 Å². The first kappa shape index (κ1) is 14.1. The molecule has 0 aliphatic heterocycles. The predicted molar refractivity (Wildman–Crippen MR) is 77.4 cm³/mol. The van der Waals surface area contributed by atoms with Gasteiger partial charge in [-0.2, -0.15) is 0 Å². The number of nitrogens with one attached hydrogen (secondary N) is 1. The van der Waals surface area contributed by atoms with Crippen LogP contribution in [0.3, 0.4) is 0 Å². The van der Waals surface area contributed by atoms with Crippen LogP contribution in [0.5, 0.6) is 5.75 Å². The number of rotatable bonds is 5. The number of aldehydes is 1. The maximum atomic E-state index is 11.7. The molecule has 0 unspecified atom stereocenters. The van der Waals surface area contributed by atoms with Crippen molar-refractivity contribution in [2.24, 2.45) is 0 Å². The fourth-order valence-corrected chi connectivity index (χ4v) is 1.65. The summed E-state index contributed by atoms with van der Waals surface area (Å²) in [5, 5.41) is 3.28. The zero-order valence-corrected chi connectivity index (χ0v) is 11.3. The number of amides is 1. The smallest absolute Gasteiger partial charge is 0.262 e. The zero-order valence-electron chi connectivity index (χ0n) is 10.5. The Bertz CT molecular complexity index is 594. The molecule has 0 saturated heterocycles. The fourth-order valence-electron chi connectivity index (χ4n) is 1.52. The van der Waals surface area contributed by atoms with Gasteiger partial charge in [-0.15, -0.1) is 0 Å². The Balaban J connectivity index is 1.85. The Labute approximate surface area is 121 Å². The van der Waals surface area contributed by atoms with Crippen LogP contribution in [-0.4, -0.2) is 18.8 Å². The van der Waals surface area contributed by atoms with Gasteiger partial charge >= 0.3 is 0 Å². The topological polar surface area (TPSA) is 55.4 Å². The molecule has 20 heavy (non-hydrogen) atoms. The molecule has 5 heteroatoms. The number of carbonyl (C=O) groups is 2. The molecule has 0 heterocycles. The van der Waals surface area contributed by atoms with Crippen LogP contribution < -0.4 is 10.1 Å². The lowest BCUT2D eigenvalue weighted by atomic mass is 10.2. The molecule has 0 saturated carbocycles. The van der Waals surface area contributed by atoms with E-state index in [0.29, 0.717) is 22.0 Å². The summed E-state index contributed by atoms with van der Waals surface area (Å²) in [6, 6.07) is 13.3. The van der Waals surface area contributed by atoms with E-state index in [1.54, 1.807) is 48.5 Å². The van der Waals surface area contributed by atoms with Crippen LogP contribution in [0.25, 0.3) is 0 Å². The number of hydrogen-bond donors (Lipinski definition) is 1. The summed E-state index contributed by atoms with van der Waals surface area (Å²) in [7, 11) is 0. The lowest BCUT2D eigenvalue weighted by molar-refractivity contribution is -0.118. The van der Waals surface area contributed by atoms with E-state index in [1.165, 1.54) is 0 Å². The molecule has 0 bridgehead atoms. The lowest BCUT2D eigenvalue weighted by Gasteiger charge is -2.07. The Morgan fingerprint density at radius 3 is 2.35 bits per heavy atom. The van der Waals surface area contributed by atoms with Gasteiger partial charge in [-0.3, -0.25) is 9.59 Å². The Kier molecular flexibility index (Phi) is 4.74. The van der Waals surface area contributed by atoms with Crippen molar-refractivity contribution in [2.75, 3.05) is 11.9 Å². The summed E-state index contributed by atoms with van der Waals surface area (Å²) in [5.74, 6) is 0.291. The van der Waals surface area contributed by atoms with E-state index in [-0.39, 0.29) is 12.5 Å². The molecule has 0 atom stereocenters. The molecule has 0 radical (unpaired) electrons. The minimum atomic E-state index is -0.279. The Morgan fingerprint density at radius 1 is 1.10 bits per heavy atom. The SMILES string of the molecule is O=Cc1ccc(NC(=O)COc2ccc(Cl)cc2)cc1. The molecule has 2 aromatic carbocycles. The van der Waals surface area contributed by atoms with Crippen molar-refractivity contribution in [1.29, 1.82) is 0 Å². The third-order valence-corrected chi connectivity index (χ3v) is 2.77. The van der Waals surface area contributed by atoms with Gasteiger partial charge in [-0.25, -0.2) is 0 Å². The van der Waals surface area contributed by atoms with Gasteiger partial charge in [0.2, 0.25) is 0 Å². The third kappa shape index (κ3) is 4.10. The first-order valence-electron chi connectivity index (χ1n) is 5.91.